The minimum atomic E-state index is -0.463. The summed E-state index contributed by atoms with van der Waals surface area (Å²) in [6.45, 7) is 2.50. The Morgan fingerprint density at radius 1 is 1.26 bits per heavy atom. The topological polar surface area (TPSA) is 72.2 Å². The molecule has 2 aromatic rings. The molecule has 23 heavy (non-hydrogen) atoms. The maximum Gasteiger partial charge on any atom is 0.283 e. The Bertz CT molecular complexity index is 704. The van der Waals surface area contributed by atoms with Crippen LogP contribution in [0.4, 0.5) is 5.69 Å². The van der Waals surface area contributed by atoms with E-state index in [0.29, 0.717) is 17.0 Å². The maximum atomic E-state index is 12.2. The third-order valence-electron chi connectivity index (χ3n) is 3.58. The molecule has 0 saturated carbocycles. The first-order chi connectivity index (χ1) is 11.0. The molecule has 0 unspecified atom stereocenters. The zero-order valence-electron chi connectivity index (χ0n) is 13.0. The van der Waals surface area contributed by atoms with Gasteiger partial charge >= 0.3 is 0 Å². The fraction of sp³-hybridized carbons (Fsp3) is 0.235. The number of carbonyl (C=O) groups is 1. The number of thioether (sulfide) groups is 1. The van der Waals surface area contributed by atoms with Crippen LogP contribution in [-0.2, 0) is 0 Å². The summed E-state index contributed by atoms with van der Waals surface area (Å²) in [5, 5.41) is 13.9. The monoisotopic (exact) mass is 330 g/mol. The molecule has 0 heterocycles. The van der Waals surface area contributed by atoms with Gasteiger partial charge in [0.25, 0.3) is 11.6 Å². The van der Waals surface area contributed by atoms with Crippen molar-refractivity contribution in [1.29, 1.82) is 0 Å². The Morgan fingerprint density at radius 3 is 2.57 bits per heavy atom. The Hall–Kier alpha value is -2.34. The second-order valence-corrected chi connectivity index (χ2v) is 6.01. The molecule has 1 N–H and O–H groups in total. The normalized spacial score (nSPS) is 11.7. The van der Waals surface area contributed by atoms with Crippen LogP contribution in [0.1, 0.15) is 28.8 Å². The Morgan fingerprint density at radius 2 is 1.96 bits per heavy atom. The summed E-state index contributed by atoms with van der Waals surface area (Å²) in [5.74, 6) is -0.135. The zero-order chi connectivity index (χ0) is 16.8. The summed E-state index contributed by atoms with van der Waals surface area (Å²) in [4.78, 5) is 23.4. The van der Waals surface area contributed by atoms with E-state index in [1.54, 1.807) is 18.4 Å². The number of hydrogen-bond acceptors (Lipinski definition) is 4. The lowest BCUT2D eigenvalue weighted by Gasteiger charge is -2.13. The molecule has 1 amide bonds. The van der Waals surface area contributed by atoms with E-state index in [9.17, 15) is 14.9 Å². The van der Waals surface area contributed by atoms with Crippen LogP contribution in [0.15, 0.2) is 53.4 Å². The minimum Gasteiger partial charge on any atom is -0.351 e. The number of benzene rings is 2. The molecule has 0 aliphatic rings. The SMILES string of the molecule is CSc1ccc(C(=O)NC[C@H](C)c2ccccc2)cc1[N+](=O)[O-]. The predicted octanol–water partition coefficient (Wildman–Crippen LogP) is 3.85. The van der Waals surface area contributed by atoms with Gasteiger partial charge in [-0.05, 0) is 29.9 Å². The van der Waals surface area contributed by atoms with E-state index in [-0.39, 0.29) is 17.5 Å². The van der Waals surface area contributed by atoms with Crippen molar-refractivity contribution >= 4 is 23.4 Å². The fourth-order valence-electron chi connectivity index (χ4n) is 2.22. The molecular formula is C17H18N2O3S. The highest BCUT2D eigenvalue weighted by molar-refractivity contribution is 7.98. The molecule has 2 aromatic carbocycles. The van der Waals surface area contributed by atoms with Crippen molar-refractivity contribution in [3.63, 3.8) is 0 Å². The lowest BCUT2D eigenvalue weighted by Crippen LogP contribution is -2.27. The number of amides is 1. The van der Waals surface area contributed by atoms with E-state index in [1.165, 1.54) is 17.8 Å². The van der Waals surface area contributed by atoms with Gasteiger partial charge in [-0.1, -0.05) is 37.3 Å². The smallest absolute Gasteiger partial charge is 0.283 e. The second kappa shape index (κ2) is 7.78. The predicted molar refractivity (Wildman–Crippen MR) is 92.1 cm³/mol. The van der Waals surface area contributed by atoms with Crippen molar-refractivity contribution in [3.8, 4) is 0 Å². The van der Waals surface area contributed by atoms with Gasteiger partial charge in [0.2, 0.25) is 0 Å². The summed E-state index contributed by atoms with van der Waals surface area (Å²) < 4.78 is 0. The summed E-state index contributed by atoms with van der Waals surface area (Å²) in [5.41, 5.74) is 1.40. The molecule has 0 aromatic heterocycles. The van der Waals surface area contributed by atoms with E-state index in [2.05, 4.69) is 5.32 Å². The van der Waals surface area contributed by atoms with Gasteiger partial charge in [-0.15, -0.1) is 11.8 Å². The van der Waals surface area contributed by atoms with Crippen LogP contribution < -0.4 is 5.32 Å². The van der Waals surface area contributed by atoms with Crippen molar-refractivity contribution in [1.82, 2.24) is 5.32 Å². The molecule has 0 saturated heterocycles. The molecule has 0 spiro atoms. The minimum absolute atomic E-state index is 0.0405. The maximum absolute atomic E-state index is 12.2. The number of nitro groups is 1. The molecule has 1 atom stereocenters. The van der Waals surface area contributed by atoms with Crippen LogP contribution in [0.25, 0.3) is 0 Å². The molecule has 0 aliphatic heterocycles. The molecule has 2 rings (SSSR count). The van der Waals surface area contributed by atoms with E-state index in [1.807, 2.05) is 37.3 Å². The van der Waals surface area contributed by atoms with Gasteiger partial charge in [-0.2, -0.15) is 0 Å². The first-order valence-electron chi connectivity index (χ1n) is 7.18. The van der Waals surface area contributed by atoms with Crippen molar-refractivity contribution in [2.24, 2.45) is 0 Å². The van der Waals surface area contributed by atoms with Crippen molar-refractivity contribution in [2.75, 3.05) is 12.8 Å². The fourth-order valence-corrected chi connectivity index (χ4v) is 2.77. The highest BCUT2D eigenvalue weighted by Crippen LogP contribution is 2.28. The largest absolute Gasteiger partial charge is 0.351 e. The third-order valence-corrected chi connectivity index (χ3v) is 4.36. The van der Waals surface area contributed by atoms with Crippen LogP contribution in [0.2, 0.25) is 0 Å². The Balaban J connectivity index is 2.06. The van der Waals surface area contributed by atoms with Crippen LogP contribution >= 0.6 is 11.8 Å². The highest BCUT2D eigenvalue weighted by Gasteiger charge is 2.17. The molecule has 0 radical (unpaired) electrons. The third kappa shape index (κ3) is 4.32. The van der Waals surface area contributed by atoms with Crippen LogP contribution in [0, 0.1) is 10.1 Å². The van der Waals surface area contributed by atoms with Crippen LogP contribution in [-0.4, -0.2) is 23.6 Å². The first-order valence-corrected chi connectivity index (χ1v) is 8.41. The van der Waals surface area contributed by atoms with Gasteiger partial charge in [0.15, 0.2) is 0 Å². The Kier molecular flexibility index (Phi) is 5.76. The highest BCUT2D eigenvalue weighted by atomic mass is 32.2. The summed E-state index contributed by atoms with van der Waals surface area (Å²) in [7, 11) is 0. The van der Waals surface area contributed by atoms with Gasteiger partial charge in [0.05, 0.1) is 9.82 Å². The number of nitro benzene ring substituents is 1. The number of hydrogen-bond donors (Lipinski definition) is 1. The van der Waals surface area contributed by atoms with Gasteiger partial charge in [0, 0.05) is 18.2 Å². The Labute approximate surface area is 139 Å². The molecule has 5 nitrogen and oxygen atoms in total. The lowest BCUT2D eigenvalue weighted by atomic mass is 10.0. The van der Waals surface area contributed by atoms with E-state index in [0.717, 1.165) is 5.56 Å². The number of nitrogens with zero attached hydrogens (tertiary/aromatic N) is 1. The number of carbonyl (C=O) groups excluding carboxylic acids is 1. The van der Waals surface area contributed by atoms with E-state index < -0.39 is 4.92 Å². The summed E-state index contributed by atoms with van der Waals surface area (Å²) in [6, 6.07) is 14.4. The average molecular weight is 330 g/mol. The van der Waals surface area contributed by atoms with Gasteiger partial charge in [0.1, 0.15) is 0 Å². The van der Waals surface area contributed by atoms with Crippen LogP contribution in [0.5, 0.6) is 0 Å². The van der Waals surface area contributed by atoms with Gasteiger partial charge < -0.3 is 5.32 Å². The molecule has 120 valence electrons. The van der Waals surface area contributed by atoms with E-state index in [4.69, 9.17) is 0 Å². The first kappa shape index (κ1) is 17.0. The molecular weight excluding hydrogens is 312 g/mol. The average Bonchev–Trinajstić information content (AvgIpc) is 2.59. The molecule has 0 aliphatic carbocycles. The van der Waals surface area contributed by atoms with Gasteiger partial charge in [-0.3, -0.25) is 14.9 Å². The summed E-state index contributed by atoms with van der Waals surface area (Å²) in [6.07, 6.45) is 1.77. The lowest BCUT2D eigenvalue weighted by molar-refractivity contribution is -0.387. The zero-order valence-corrected chi connectivity index (χ0v) is 13.8. The van der Waals surface area contributed by atoms with Crippen molar-refractivity contribution < 1.29 is 9.72 Å². The van der Waals surface area contributed by atoms with Crippen LogP contribution in [0.3, 0.4) is 0 Å². The quantitative estimate of drug-likeness (QED) is 0.496. The van der Waals surface area contributed by atoms with E-state index >= 15 is 0 Å². The molecule has 0 bridgehead atoms. The van der Waals surface area contributed by atoms with Crippen molar-refractivity contribution in [2.45, 2.75) is 17.7 Å². The summed E-state index contributed by atoms with van der Waals surface area (Å²) >= 11 is 1.29. The van der Waals surface area contributed by atoms with Gasteiger partial charge in [-0.25, -0.2) is 0 Å². The van der Waals surface area contributed by atoms with Crippen molar-refractivity contribution in [3.05, 3.63) is 69.8 Å². The molecule has 6 heteroatoms. The second-order valence-electron chi connectivity index (χ2n) is 5.17. The number of rotatable bonds is 6. The standard InChI is InChI=1S/C17H18N2O3S/c1-12(13-6-4-3-5-7-13)11-18-17(20)14-8-9-16(23-2)15(10-14)19(21)22/h3-10,12H,11H2,1-2H3,(H,18,20)/t12-/m0/s1. The number of nitrogens with one attached hydrogen (secondary N) is 1. The molecule has 0 fully saturated rings.